The molecule has 1 saturated carbocycles. The van der Waals surface area contributed by atoms with Gasteiger partial charge in [0, 0.05) is 13.1 Å². The first-order chi connectivity index (χ1) is 8.22. The summed E-state index contributed by atoms with van der Waals surface area (Å²) < 4.78 is 5.82. The van der Waals surface area contributed by atoms with Crippen molar-refractivity contribution in [3.8, 4) is 0 Å². The lowest BCUT2D eigenvalue weighted by molar-refractivity contribution is -0.133. The molecule has 0 aromatic rings. The second-order valence-corrected chi connectivity index (χ2v) is 4.94. The average Bonchev–Trinajstić information content (AvgIpc) is 2.60. The summed E-state index contributed by atoms with van der Waals surface area (Å²) in [6.45, 7) is 3.43. The van der Waals surface area contributed by atoms with E-state index in [0.717, 1.165) is 38.6 Å². The molecule has 0 aliphatic heterocycles. The number of hydrogen-bond acceptors (Lipinski definition) is 3. The van der Waals surface area contributed by atoms with E-state index in [1.165, 1.54) is 12.8 Å². The summed E-state index contributed by atoms with van der Waals surface area (Å²) in [6.07, 6.45) is 7.77. The third-order valence-electron chi connectivity index (χ3n) is 3.47. The van der Waals surface area contributed by atoms with E-state index in [9.17, 15) is 4.79 Å². The Hall–Kier alpha value is -0.610. The molecular formula is C13H26N2O2. The van der Waals surface area contributed by atoms with E-state index in [2.05, 4.69) is 5.32 Å². The minimum Gasteiger partial charge on any atom is -0.364 e. The normalized spacial score (nSPS) is 19.6. The zero-order chi connectivity index (χ0) is 12.6. The van der Waals surface area contributed by atoms with Crippen molar-refractivity contribution < 1.29 is 9.53 Å². The molecule has 0 spiro atoms. The van der Waals surface area contributed by atoms with Crippen molar-refractivity contribution in [3.05, 3.63) is 0 Å². The van der Waals surface area contributed by atoms with Crippen molar-refractivity contribution in [2.24, 2.45) is 5.73 Å². The molecule has 4 heteroatoms. The predicted molar refractivity (Wildman–Crippen MR) is 68.7 cm³/mol. The molecule has 1 amide bonds. The molecule has 17 heavy (non-hydrogen) atoms. The third kappa shape index (κ3) is 5.04. The van der Waals surface area contributed by atoms with Gasteiger partial charge in [0.25, 0.3) is 0 Å². The van der Waals surface area contributed by atoms with Crippen molar-refractivity contribution in [3.63, 3.8) is 0 Å². The van der Waals surface area contributed by atoms with Gasteiger partial charge in [0.05, 0.1) is 5.60 Å². The Morgan fingerprint density at radius 2 is 1.94 bits per heavy atom. The first kappa shape index (κ1) is 14.5. The number of nitrogens with two attached hydrogens (primary N) is 1. The van der Waals surface area contributed by atoms with Gasteiger partial charge in [0.2, 0.25) is 5.91 Å². The molecule has 1 aliphatic carbocycles. The highest BCUT2D eigenvalue weighted by molar-refractivity contribution is 5.77. The van der Waals surface area contributed by atoms with Crippen LogP contribution in [0.2, 0.25) is 0 Å². The van der Waals surface area contributed by atoms with E-state index >= 15 is 0 Å². The van der Waals surface area contributed by atoms with E-state index < -0.39 is 0 Å². The summed E-state index contributed by atoms with van der Waals surface area (Å²) >= 11 is 0. The highest BCUT2D eigenvalue weighted by Crippen LogP contribution is 2.29. The largest absolute Gasteiger partial charge is 0.364 e. The molecule has 0 heterocycles. The van der Waals surface area contributed by atoms with E-state index in [0.29, 0.717) is 6.54 Å². The zero-order valence-corrected chi connectivity index (χ0v) is 11.0. The summed E-state index contributed by atoms with van der Waals surface area (Å²) in [5.74, 6) is -0.0241. The van der Waals surface area contributed by atoms with Crippen LogP contribution in [0.25, 0.3) is 0 Å². The first-order valence-electron chi connectivity index (χ1n) is 6.83. The molecule has 4 nitrogen and oxygen atoms in total. The highest BCUT2D eigenvalue weighted by Gasteiger charge is 2.30. The quantitative estimate of drug-likeness (QED) is 0.695. The summed E-state index contributed by atoms with van der Waals surface area (Å²) in [7, 11) is 0. The average molecular weight is 242 g/mol. The molecule has 0 radical (unpaired) electrons. The van der Waals surface area contributed by atoms with Crippen LogP contribution in [-0.4, -0.2) is 31.2 Å². The Balaban J connectivity index is 2.36. The smallest absolute Gasteiger partial charge is 0.246 e. The van der Waals surface area contributed by atoms with Gasteiger partial charge in [-0.3, -0.25) is 4.79 Å². The Morgan fingerprint density at radius 1 is 1.29 bits per heavy atom. The topological polar surface area (TPSA) is 64.3 Å². The summed E-state index contributed by atoms with van der Waals surface area (Å²) in [4.78, 5) is 11.5. The molecule has 0 aromatic carbocycles. The minimum atomic E-state index is -0.250. The van der Waals surface area contributed by atoms with Crippen LogP contribution in [0.1, 0.15) is 51.9 Å². The zero-order valence-electron chi connectivity index (χ0n) is 11.0. The Kier molecular flexibility index (Phi) is 6.52. The van der Waals surface area contributed by atoms with Crippen molar-refractivity contribution in [2.45, 2.75) is 57.5 Å². The highest BCUT2D eigenvalue weighted by atomic mass is 16.5. The molecule has 3 N–H and O–H groups in total. The number of hydrogen-bond donors (Lipinski definition) is 2. The van der Waals surface area contributed by atoms with Gasteiger partial charge in [-0.05, 0) is 19.3 Å². The molecule has 1 rings (SSSR count). The fourth-order valence-electron chi connectivity index (χ4n) is 2.31. The third-order valence-corrected chi connectivity index (χ3v) is 3.47. The fourth-order valence-corrected chi connectivity index (χ4v) is 2.31. The van der Waals surface area contributed by atoms with E-state index in [4.69, 9.17) is 10.5 Å². The van der Waals surface area contributed by atoms with Crippen LogP contribution in [-0.2, 0) is 9.53 Å². The molecule has 0 unspecified atom stereocenters. The molecule has 0 saturated heterocycles. The van der Waals surface area contributed by atoms with Gasteiger partial charge in [-0.1, -0.05) is 32.6 Å². The summed E-state index contributed by atoms with van der Waals surface area (Å²) in [5, 5.41) is 2.82. The van der Waals surface area contributed by atoms with E-state index in [1.54, 1.807) is 0 Å². The van der Waals surface area contributed by atoms with Gasteiger partial charge in [-0.2, -0.15) is 0 Å². The van der Waals surface area contributed by atoms with Crippen molar-refractivity contribution in [1.82, 2.24) is 5.32 Å². The maximum Gasteiger partial charge on any atom is 0.246 e. The number of nitrogens with one attached hydrogen (secondary N) is 1. The number of amides is 1. The van der Waals surface area contributed by atoms with Crippen LogP contribution in [0.4, 0.5) is 0 Å². The van der Waals surface area contributed by atoms with Gasteiger partial charge in [-0.15, -0.1) is 0 Å². The van der Waals surface area contributed by atoms with Crippen molar-refractivity contribution in [2.75, 3.05) is 19.7 Å². The molecule has 0 bridgehead atoms. The monoisotopic (exact) mass is 242 g/mol. The van der Waals surface area contributed by atoms with E-state index in [-0.39, 0.29) is 18.1 Å². The molecular weight excluding hydrogens is 216 g/mol. The van der Waals surface area contributed by atoms with Crippen molar-refractivity contribution in [1.29, 1.82) is 0 Å². The summed E-state index contributed by atoms with van der Waals surface area (Å²) in [5.41, 5.74) is 5.59. The molecule has 1 fully saturated rings. The molecule has 1 aliphatic rings. The number of carbonyl (C=O) groups is 1. The standard InChI is InChI=1S/C13H26N2O2/c1-2-9-15-12(16)10-17-13(11-14)7-5-3-4-6-8-13/h2-11,14H2,1H3,(H,15,16). The summed E-state index contributed by atoms with van der Waals surface area (Å²) in [6, 6.07) is 0. The lowest BCUT2D eigenvalue weighted by Crippen LogP contribution is -2.43. The maximum absolute atomic E-state index is 11.5. The maximum atomic E-state index is 11.5. The van der Waals surface area contributed by atoms with Gasteiger partial charge in [-0.25, -0.2) is 0 Å². The van der Waals surface area contributed by atoms with Gasteiger partial charge in [0.1, 0.15) is 6.61 Å². The second-order valence-electron chi connectivity index (χ2n) is 4.94. The Labute approximate surface area is 104 Å². The van der Waals surface area contributed by atoms with Crippen LogP contribution in [0.15, 0.2) is 0 Å². The number of rotatable bonds is 6. The lowest BCUT2D eigenvalue weighted by atomic mass is 9.94. The first-order valence-corrected chi connectivity index (χ1v) is 6.83. The number of carbonyl (C=O) groups excluding carboxylic acids is 1. The van der Waals surface area contributed by atoms with Crippen LogP contribution in [0.3, 0.4) is 0 Å². The fraction of sp³-hybridized carbons (Fsp3) is 0.923. The van der Waals surface area contributed by atoms with Crippen LogP contribution in [0, 0.1) is 0 Å². The van der Waals surface area contributed by atoms with Crippen LogP contribution in [0.5, 0.6) is 0 Å². The second kappa shape index (κ2) is 7.67. The van der Waals surface area contributed by atoms with E-state index in [1.807, 2.05) is 6.92 Å². The van der Waals surface area contributed by atoms with Crippen LogP contribution < -0.4 is 11.1 Å². The lowest BCUT2D eigenvalue weighted by Gasteiger charge is -2.31. The van der Waals surface area contributed by atoms with Crippen LogP contribution >= 0.6 is 0 Å². The SMILES string of the molecule is CCCNC(=O)COC1(CN)CCCCCC1. The van der Waals surface area contributed by atoms with Gasteiger partial charge in [0.15, 0.2) is 0 Å². The van der Waals surface area contributed by atoms with Gasteiger partial charge >= 0.3 is 0 Å². The molecule has 0 atom stereocenters. The Bertz CT molecular complexity index is 223. The molecule has 100 valence electrons. The predicted octanol–water partition coefficient (Wildman–Crippen LogP) is 1.58. The van der Waals surface area contributed by atoms with Gasteiger partial charge < -0.3 is 15.8 Å². The minimum absolute atomic E-state index is 0.0241. The molecule has 0 aromatic heterocycles. The number of ether oxygens (including phenoxy) is 1. The van der Waals surface area contributed by atoms with Crippen molar-refractivity contribution >= 4 is 5.91 Å². The Morgan fingerprint density at radius 3 is 2.47 bits per heavy atom.